The largest absolute Gasteiger partial charge is 0.481 e. The third-order valence-corrected chi connectivity index (χ3v) is 3.81. The van der Waals surface area contributed by atoms with Crippen LogP contribution in [-0.2, 0) is 9.59 Å². The van der Waals surface area contributed by atoms with Crippen LogP contribution in [0.2, 0.25) is 0 Å². The number of nitrogens with zero attached hydrogens (tertiary/aromatic N) is 1. The summed E-state index contributed by atoms with van der Waals surface area (Å²) in [5, 5.41) is 11.6. The highest BCUT2D eigenvalue weighted by Crippen LogP contribution is 2.23. The van der Waals surface area contributed by atoms with E-state index in [1.54, 1.807) is 12.1 Å². The number of hydrogen-bond acceptors (Lipinski definition) is 3. The molecular formula is C15H19FN2O3. The van der Waals surface area contributed by atoms with Crippen LogP contribution in [0.25, 0.3) is 0 Å². The van der Waals surface area contributed by atoms with Crippen molar-refractivity contribution < 1.29 is 19.1 Å². The summed E-state index contributed by atoms with van der Waals surface area (Å²) in [5.74, 6) is -1.82. The molecule has 1 fully saturated rings. The van der Waals surface area contributed by atoms with Crippen molar-refractivity contribution in [2.24, 2.45) is 11.8 Å². The smallest absolute Gasteiger partial charge is 0.308 e. The molecule has 0 saturated carbocycles. The highest BCUT2D eigenvalue weighted by molar-refractivity contribution is 5.90. The second-order valence-electron chi connectivity index (χ2n) is 5.46. The maximum Gasteiger partial charge on any atom is 0.308 e. The SMILES string of the molecule is C[C@@H]1CN(CCC(=O)Nc2ccccc2F)C[C@H]1C(=O)O. The summed E-state index contributed by atoms with van der Waals surface area (Å²) in [7, 11) is 0. The summed E-state index contributed by atoms with van der Waals surface area (Å²) in [6, 6.07) is 6.00. The zero-order valence-electron chi connectivity index (χ0n) is 11.9. The number of halogens is 1. The van der Waals surface area contributed by atoms with E-state index in [0.29, 0.717) is 19.6 Å². The van der Waals surface area contributed by atoms with Gasteiger partial charge < -0.3 is 15.3 Å². The van der Waals surface area contributed by atoms with Gasteiger partial charge in [0.1, 0.15) is 5.82 Å². The Morgan fingerprint density at radius 3 is 2.71 bits per heavy atom. The molecule has 0 unspecified atom stereocenters. The molecule has 0 aromatic heterocycles. The first-order valence-electron chi connectivity index (χ1n) is 6.97. The third-order valence-electron chi connectivity index (χ3n) is 3.81. The van der Waals surface area contributed by atoms with Crippen LogP contribution < -0.4 is 5.32 Å². The Hall–Kier alpha value is -1.95. The van der Waals surface area contributed by atoms with Gasteiger partial charge in [0.05, 0.1) is 11.6 Å². The Morgan fingerprint density at radius 1 is 1.38 bits per heavy atom. The number of carbonyl (C=O) groups is 2. The molecule has 21 heavy (non-hydrogen) atoms. The van der Waals surface area contributed by atoms with Gasteiger partial charge in [0.15, 0.2) is 0 Å². The number of benzene rings is 1. The second-order valence-corrected chi connectivity index (χ2v) is 5.46. The Labute approximate surface area is 122 Å². The number of rotatable bonds is 5. The van der Waals surface area contributed by atoms with E-state index in [4.69, 9.17) is 5.11 Å². The molecular weight excluding hydrogens is 275 g/mol. The van der Waals surface area contributed by atoms with E-state index in [1.807, 2.05) is 11.8 Å². The van der Waals surface area contributed by atoms with Gasteiger partial charge in [-0.25, -0.2) is 4.39 Å². The number of anilines is 1. The zero-order chi connectivity index (χ0) is 15.4. The van der Waals surface area contributed by atoms with Crippen molar-refractivity contribution in [3.05, 3.63) is 30.1 Å². The van der Waals surface area contributed by atoms with E-state index in [2.05, 4.69) is 5.32 Å². The number of aliphatic carboxylic acids is 1. The van der Waals surface area contributed by atoms with Crippen LogP contribution in [0.5, 0.6) is 0 Å². The van der Waals surface area contributed by atoms with Gasteiger partial charge in [-0.3, -0.25) is 9.59 Å². The molecule has 0 aliphatic carbocycles. The van der Waals surface area contributed by atoms with Gasteiger partial charge >= 0.3 is 5.97 Å². The number of nitrogens with one attached hydrogen (secondary N) is 1. The number of amides is 1. The lowest BCUT2D eigenvalue weighted by molar-refractivity contribution is -0.142. The Bertz CT molecular complexity index is 535. The second kappa shape index (κ2) is 6.67. The molecule has 1 heterocycles. The topological polar surface area (TPSA) is 69.6 Å². The number of carboxylic acids is 1. The van der Waals surface area contributed by atoms with Crippen LogP contribution in [0, 0.1) is 17.7 Å². The molecule has 0 radical (unpaired) electrons. The van der Waals surface area contributed by atoms with Gasteiger partial charge in [-0.1, -0.05) is 19.1 Å². The lowest BCUT2D eigenvalue weighted by atomic mass is 9.99. The minimum atomic E-state index is -0.791. The summed E-state index contributed by atoms with van der Waals surface area (Å²) in [5.41, 5.74) is 0.167. The minimum absolute atomic E-state index is 0.0807. The molecule has 5 nitrogen and oxygen atoms in total. The van der Waals surface area contributed by atoms with Gasteiger partial charge in [0, 0.05) is 26.1 Å². The van der Waals surface area contributed by atoms with Crippen molar-refractivity contribution in [1.29, 1.82) is 0 Å². The van der Waals surface area contributed by atoms with Gasteiger partial charge in [0.25, 0.3) is 0 Å². The molecule has 1 aliphatic heterocycles. The molecule has 2 rings (SSSR count). The molecule has 114 valence electrons. The van der Waals surface area contributed by atoms with Crippen LogP contribution in [0.15, 0.2) is 24.3 Å². The van der Waals surface area contributed by atoms with E-state index >= 15 is 0 Å². The summed E-state index contributed by atoms with van der Waals surface area (Å²) < 4.78 is 13.4. The molecule has 1 aliphatic rings. The first-order valence-corrected chi connectivity index (χ1v) is 6.97. The van der Waals surface area contributed by atoms with E-state index in [9.17, 15) is 14.0 Å². The quantitative estimate of drug-likeness (QED) is 0.869. The average molecular weight is 294 g/mol. The summed E-state index contributed by atoms with van der Waals surface area (Å²) in [6.45, 7) is 3.51. The van der Waals surface area contributed by atoms with Crippen molar-refractivity contribution >= 4 is 17.6 Å². The molecule has 0 spiro atoms. The first kappa shape index (κ1) is 15.4. The lowest BCUT2D eigenvalue weighted by Crippen LogP contribution is -2.27. The lowest BCUT2D eigenvalue weighted by Gasteiger charge is -2.14. The van der Waals surface area contributed by atoms with Crippen LogP contribution in [0.4, 0.5) is 10.1 Å². The van der Waals surface area contributed by atoms with E-state index in [-0.39, 0.29) is 29.9 Å². The molecule has 1 aromatic rings. The summed E-state index contributed by atoms with van der Waals surface area (Å²) in [6.07, 6.45) is 0.216. The standard InChI is InChI=1S/C15H19FN2O3/c1-10-8-18(9-11(10)15(20)21)7-6-14(19)17-13-5-3-2-4-12(13)16/h2-5,10-11H,6-9H2,1H3,(H,17,19)(H,20,21)/t10-,11-/m1/s1. The molecule has 1 saturated heterocycles. The average Bonchev–Trinajstić information content (AvgIpc) is 2.80. The third kappa shape index (κ3) is 4.01. The van der Waals surface area contributed by atoms with Gasteiger partial charge in [-0.05, 0) is 18.1 Å². The zero-order valence-corrected chi connectivity index (χ0v) is 11.9. The molecule has 2 N–H and O–H groups in total. The Kier molecular flexibility index (Phi) is 4.90. The minimum Gasteiger partial charge on any atom is -0.481 e. The fourth-order valence-corrected chi connectivity index (χ4v) is 2.61. The molecule has 1 amide bonds. The van der Waals surface area contributed by atoms with Crippen molar-refractivity contribution in [2.75, 3.05) is 25.0 Å². The van der Waals surface area contributed by atoms with E-state index in [0.717, 1.165) is 0 Å². The Balaban J connectivity index is 1.80. The van der Waals surface area contributed by atoms with E-state index < -0.39 is 11.8 Å². The maximum absolute atomic E-state index is 13.4. The predicted octanol–water partition coefficient (Wildman–Crippen LogP) is 1.81. The van der Waals surface area contributed by atoms with E-state index in [1.165, 1.54) is 12.1 Å². The molecule has 1 aromatic carbocycles. The number of carbonyl (C=O) groups excluding carboxylic acids is 1. The van der Waals surface area contributed by atoms with Crippen molar-refractivity contribution in [3.63, 3.8) is 0 Å². The maximum atomic E-state index is 13.4. The normalized spacial score (nSPS) is 22.2. The highest BCUT2D eigenvalue weighted by atomic mass is 19.1. The van der Waals surface area contributed by atoms with Crippen LogP contribution in [0.3, 0.4) is 0 Å². The van der Waals surface area contributed by atoms with Gasteiger partial charge in [-0.15, -0.1) is 0 Å². The van der Waals surface area contributed by atoms with Gasteiger partial charge in [0.2, 0.25) is 5.91 Å². The van der Waals surface area contributed by atoms with Crippen LogP contribution in [-0.4, -0.2) is 41.5 Å². The Morgan fingerprint density at radius 2 is 2.10 bits per heavy atom. The molecule has 6 heteroatoms. The number of carboxylic acid groups (broad SMARTS) is 1. The summed E-state index contributed by atoms with van der Waals surface area (Å²) >= 11 is 0. The highest BCUT2D eigenvalue weighted by Gasteiger charge is 2.34. The fourth-order valence-electron chi connectivity index (χ4n) is 2.61. The predicted molar refractivity (Wildman–Crippen MR) is 76.4 cm³/mol. The fraction of sp³-hybridized carbons (Fsp3) is 0.467. The van der Waals surface area contributed by atoms with Gasteiger partial charge in [-0.2, -0.15) is 0 Å². The monoisotopic (exact) mass is 294 g/mol. The van der Waals surface area contributed by atoms with Crippen molar-refractivity contribution in [2.45, 2.75) is 13.3 Å². The number of hydrogen-bond donors (Lipinski definition) is 2. The number of likely N-dealkylation sites (tertiary alicyclic amines) is 1. The van der Waals surface area contributed by atoms with Crippen molar-refractivity contribution in [3.8, 4) is 0 Å². The van der Waals surface area contributed by atoms with Crippen LogP contribution in [0.1, 0.15) is 13.3 Å². The van der Waals surface area contributed by atoms with Crippen LogP contribution >= 0.6 is 0 Å². The summed E-state index contributed by atoms with van der Waals surface area (Å²) in [4.78, 5) is 24.8. The number of para-hydroxylation sites is 1. The molecule has 2 atom stereocenters. The van der Waals surface area contributed by atoms with Crippen molar-refractivity contribution in [1.82, 2.24) is 4.90 Å². The molecule has 0 bridgehead atoms. The first-order chi connectivity index (χ1) is 9.97.